The van der Waals surface area contributed by atoms with E-state index in [1.807, 2.05) is 19.1 Å². The van der Waals surface area contributed by atoms with Gasteiger partial charge in [0.15, 0.2) is 0 Å². The molecule has 2 aromatic carbocycles. The van der Waals surface area contributed by atoms with Gasteiger partial charge in [0.25, 0.3) is 0 Å². The first kappa shape index (κ1) is 22.5. The van der Waals surface area contributed by atoms with E-state index in [9.17, 15) is 13.2 Å². The number of halogens is 2. The number of carbonyl (C=O) groups is 1. The molecular weight excluding hydrogens is 425 g/mol. The average Bonchev–Trinajstić information content (AvgIpc) is 2.63. The minimum atomic E-state index is -4.09. The molecule has 1 atom stereocenters. The first-order valence-electron chi connectivity index (χ1n) is 8.45. The summed E-state index contributed by atoms with van der Waals surface area (Å²) < 4.78 is 38.4. The molecule has 1 N–H and O–H groups in total. The number of sulfonamides is 1. The summed E-state index contributed by atoms with van der Waals surface area (Å²) in [7, 11) is -2.69. The summed E-state index contributed by atoms with van der Waals surface area (Å²) >= 11 is 12.2. The van der Waals surface area contributed by atoms with Gasteiger partial charge in [0.1, 0.15) is 10.6 Å². The number of hydrogen-bond donors (Lipinski definition) is 1. The van der Waals surface area contributed by atoms with Crippen LogP contribution in [0, 0.1) is 6.92 Å². The molecular formula is C19H21Cl2NO5S. The van der Waals surface area contributed by atoms with Crippen LogP contribution in [0.15, 0.2) is 41.3 Å². The Hall–Kier alpha value is -1.80. The lowest BCUT2D eigenvalue weighted by Crippen LogP contribution is -2.31. The topological polar surface area (TPSA) is 81.7 Å². The predicted molar refractivity (Wildman–Crippen MR) is 109 cm³/mol. The number of aryl methyl sites for hydroxylation is 1. The molecule has 9 heteroatoms. The van der Waals surface area contributed by atoms with Crippen LogP contribution in [-0.4, -0.2) is 28.1 Å². The molecule has 0 radical (unpaired) electrons. The minimum absolute atomic E-state index is 0.0486. The number of nitrogens with one attached hydrogen (secondary N) is 1. The standard InChI is InChI=1S/C19H21Cl2NO5S/c1-4-27-19(23)11-16(13-7-5-12(2)6-8-13)22-28(24,25)18-10-14(20)17(26-3)9-15(18)21/h5-10,16,22H,4,11H2,1-3H3/t16-/m1/s1. The summed E-state index contributed by atoms with van der Waals surface area (Å²) in [6.45, 7) is 3.79. The summed E-state index contributed by atoms with van der Waals surface area (Å²) in [6.07, 6.45) is -0.169. The third-order valence-electron chi connectivity index (χ3n) is 3.95. The predicted octanol–water partition coefficient (Wildman–Crippen LogP) is 4.28. The zero-order valence-electron chi connectivity index (χ0n) is 15.7. The van der Waals surface area contributed by atoms with Gasteiger partial charge in [-0.25, -0.2) is 13.1 Å². The van der Waals surface area contributed by atoms with E-state index < -0.39 is 22.0 Å². The highest BCUT2D eigenvalue weighted by Crippen LogP contribution is 2.34. The van der Waals surface area contributed by atoms with Crippen LogP contribution in [0.2, 0.25) is 10.0 Å². The van der Waals surface area contributed by atoms with Crippen molar-refractivity contribution in [3.8, 4) is 5.75 Å². The number of esters is 1. The maximum Gasteiger partial charge on any atom is 0.307 e. The lowest BCUT2D eigenvalue weighted by Gasteiger charge is -2.19. The third kappa shape index (κ3) is 5.61. The van der Waals surface area contributed by atoms with E-state index in [4.69, 9.17) is 32.7 Å². The molecule has 0 saturated carbocycles. The van der Waals surface area contributed by atoms with Crippen LogP contribution in [0.5, 0.6) is 5.75 Å². The summed E-state index contributed by atoms with van der Waals surface area (Å²) in [5.74, 6) is -0.262. The number of methoxy groups -OCH3 is 1. The molecule has 0 aliphatic heterocycles. The Morgan fingerprint density at radius 1 is 1.14 bits per heavy atom. The quantitative estimate of drug-likeness (QED) is 0.612. The van der Waals surface area contributed by atoms with E-state index in [0.717, 1.165) is 5.56 Å². The first-order valence-corrected chi connectivity index (χ1v) is 10.7. The van der Waals surface area contributed by atoms with E-state index >= 15 is 0 Å². The second kappa shape index (κ2) is 9.60. The molecule has 2 aromatic rings. The maximum atomic E-state index is 12.9. The van der Waals surface area contributed by atoms with Gasteiger partial charge in [0.05, 0.1) is 36.2 Å². The van der Waals surface area contributed by atoms with Crippen molar-refractivity contribution in [1.29, 1.82) is 0 Å². The van der Waals surface area contributed by atoms with E-state index in [2.05, 4.69) is 4.72 Å². The SMILES string of the molecule is CCOC(=O)C[C@@H](NS(=O)(=O)c1cc(Cl)c(OC)cc1Cl)c1ccc(C)cc1. The highest BCUT2D eigenvalue weighted by Gasteiger charge is 2.27. The second-order valence-corrected chi connectivity index (χ2v) is 8.51. The van der Waals surface area contributed by atoms with Crippen molar-refractivity contribution < 1.29 is 22.7 Å². The lowest BCUT2D eigenvalue weighted by molar-refractivity contribution is -0.143. The van der Waals surface area contributed by atoms with Crippen molar-refractivity contribution in [2.24, 2.45) is 0 Å². The molecule has 0 amide bonds. The smallest absolute Gasteiger partial charge is 0.307 e. The summed E-state index contributed by atoms with van der Waals surface area (Å²) in [5.41, 5.74) is 1.63. The molecule has 152 valence electrons. The summed E-state index contributed by atoms with van der Waals surface area (Å²) in [4.78, 5) is 11.8. The van der Waals surface area contributed by atoms with Crippen LogP contribution >= 0.6 is 23.2 Å². The van der Waals surface area contributed by atoms with Gasteiger partial charge in [-0.1, -0.05) is 53.0 Å². The van der Waals surface area contributed by atoms with Gasteiger partial charge in [0, 0.05) is 6.07 Å². The molecule has 0 aliphatic carbocycles. The van der Waals surface area contributed by atoms with Gasteiger partial charge < -0.3 is 9.47 Å². The third-order valence-corrected chi connectivity index (χ3v) is 6.18. The molecule has 0 heterocycles. The van der Waals surface area contributed by atoms with Crippen LogP contribution in [-0.2, 0) is 19.6 Å². The van der Waals surface area contributed by atoms with Crippen LogP contribution in [0.25, 0.3) is 0 Å². The fourth-order valence-corrected chi connectivity index (χ4v) is 4.61. The van der Waals surface area contributed by atoms with Crippen molar-refractivity contribution in [3.63, 3.8) is 0 Å². The molecule has 6 nitrogen and oxygen atoms in total. The Morgan fingerprint density at radius 2 is 1.79 bits per heavy atom. The number of ether oxygens (including phenoxy) is 2. The van der Waals surface area contributed by atoms with Gasteiger partial charge in [-0.15, -0.1) is 0 Å². The summed E-state index contributed by atoms with van der Waals surface area (Å²) in [6, 6.07) is 8.88. The highest BCUT2D eigenvalue weighted by atomic mass is 35.5. The zero-order valence-corrected chi connectivity index (χ0v) is 18.0. The molecule has 0 aliphatic rings. The number of carbonyl (C=O) groups excluding carboxylic acids is 1. The number of rotatable bonds is 8. The Balaban J connectivity index is 2.40. The molecule has 0 fully saturated rings. The van der Waals surface area contributed by atoms with Gasteiger partial charge >= 0.3 is 5.97 Å². The number of benzene rings is 2. The van der Waals surface area contributed by atoms with Crippen LogP contribution in [0.4, 0.5) is 0 Å². The van der Waals surface area contributed by atoms with E-state index in [-0.39, 0.29) is 33.7 Å². The monoisotopic (exact) mass is 445 g/mol. The minimum Gasteiger partial charge on any atom is -0.495 e. The van der Waals surface area contributed by atoms with Crippen LogP contribution in [0.3, 0.4) is 0 Å². The van der Waals surface area contributed by atoms with Crippen molar-refractivity contribution in [3.05, 3.63) is 57.6 Å². The second-order valence-electron chi connectivity index (χ2n) is 6.01. The Morgan fingerprint density at radius 3 is 2.36 bits per heavy atom. The molecule has 28 heavy (non-hydrogen) atoms. The molecule has 0 spiro atoms. The van der Waals surface area contributed by atoms with Crippen molar-refractivity contribution in [1.82, 2.24) is 4.72 Å². The van der Waals surface area contributed by atoms with Crippen LogP contribution in [0.1, 0.15) is 30.5 Å². The highest BCUT2D eigenvalue weighted by molar-refractivity contribution is 7.89. The molecule has 0 saturated heterocycles. The average molecular weight is 446 g/mol. The maximum absolute atomic E-state index is 12.9. The van der Waals surface area contributed by atoms with Gasteiger partial charge in [-0.3, -0.25) is 4.79 Å². The molecule has 0 unspecified atom stereocenters. The summed E-state index contributed by atoms with van der Waals surface area (Å²) in [5, 5.41) is 0.0529. The lowest BCUT2D eigenvalue weighted by atomic mass is 10.0. The van der Waals surface area contributed by atoms with E-state index in [0.29, 0.717) is 5.56 Å². The Kier molecular flexibility index (Phi) is 7.71. The number of hydrogen-bond acceptors (Lipinski definition) is 5. The fourth-order valence-electron chi connectivity index (χ4n) is 2.54. The molecule has 2 rings (SSSR count). The Bertz CT molecular complexity index is 946. The fraction of sp³-hybridized carbons (Fsp3) is 0.316. The van der Waals surface area contributed by atoms with Gasteiger partial charge in [-0.05, 0) is 25.5 Å². The van der Waals surface area contributed by atoms with Crippen molar-refractivity contribution >= 4 is 39.2 Å². The van der Waals surface area contributed by atoms with E-state index in [1.54, 1.807) is 19.1 Å². The molecule has 0 bridgehead atoms. The normalized spacial score (nSPS) is 12.5. The van der Waals surface area contributed by atoms with Crippen molar-refractivity contribution in [2.75, 3.05) is 13.7 Å². The van der Waals surface area contributed by atoms with Crippen LogP contribution < -0.4 is 9.46 Å². The molecule has 0 aromatic heterocycles. The van der Waals surface area contributed by atoms with Gasteiger partial charge in [-0.2, -0.15) is 0 Å². The first-order chi connectivity index (χ1) is 13.2. The zero-order chi connectivity index (χ0) is 20.9. The van der Waals surface area contributed by atoms with Gasteiger partial charge in [0.2, 0.25) is 10.0 Å². The van der Waals surface area contributed by atoms with Crippen molar-refractivity contribution in [2.45, 2.75) is 31.2 Å². The Labute approximate surface area is 174 Å². The van der Waals surface area contributed by atoms with E-state index in [1.165, 1.54) is 19.2 Å². The largest absolute Gasteiger partial charge is 0.495 e.